The largest absolute Gasteiger partial charge is 0.465 e. The van der Waals surface area contributed by atoms with Crippen molar-refractivity contribution in [3.8, 4) is 0 Å². The van der Waals surface area contributed by atoms with Gasteiger partial charge in [-0.1, -0.05) is 39.8 Å². The molecule has 114 valence electrons. The van der Waals surface area contributed by atoms with E-state index in [1.54, 1.807) is 6.07 Å². The molecule has 1 amide bonds. The van der Waals surface area contributed by atoms with Crippen molar-refractivity contribution in [3.05, 3.63) is 35.0 Å². The summed E-state index contributed by atoms with van der Waals surface area (Å²) in [4.78, 5) is 12.4. The SMILES string of the molecule is CCc1cc(NC(=O)c2cc(C(C)C)oc2C(C)C)no1. The van der Waals surface area contributed by atoms with E-state index in [0.717, 1.165) is 17.9 Å². The van der Waals surface area contributed by atoms with Gasteiger partial charge in [-0.2, -0.15) is 0 Å². The molecule has 0 fully saturated rings. The first-order chi connectivity index (χ1) is 9.92. The molecule has 0 bridgehead atoms. The number of aryl methyl sites for hydroxylation is 1. The van der Waals surface area contributed by atoms with Crippen molar-refractivity contribution in [2.24, 2.45) is 0 Å². The van der Waals surface area contributed by atoms with Gasteiger partial charge in [0.25, 0.3) is 5.91 Å². The van der Waals surface area contributed by atoms with Gasteiger partial charge < -0.3 is 14.3 Å². The normalized spacial score (nSPS) is 11.4. The van der Waals surface area contributed by atoms with Crippen molar-refractivity contribution in [2.75, 3.05) is 5.32 Å². The number of furan rings is 1. The average Bonchev–Trinajstić information content (AvgIpc) is 3.04. The van der Waals surface area contributed by atoms with E-state index in [-0.39, 0.29) is 17.7 Å². The molecule has 0 aliphatic carbocycles. The second-order valence-corrected chi connectivity index (χ2v) is 5.72. The maximum Gasteiger partial charge on any atom is 0.260 e. The maximum atomic E-state index is 12.4. The van der Waals surface area contributed by atoms with Crippen molar-refractivity contribution >= 4 is 11.7 Å². The van der Waals surface area contributed by atoms with Gasteiger partial charge in [-0.15, -0.1) is 0 Å². The number of hydrogen-bond acceptors (Lipinski definition) is 4. The highest BCUT2D eigenvalue weighted by Crippen LogP contribution is 2.28. The van der Waals surface area contributed by atoms with Gasteiger partial charge in [0, 0.05) is 24.3 Å². The molecule has 2 rings (SSSR count). The molecular weight excluding hydrogens is 268 g/mol. The first-order valence-electron chi connectivity index (χ1n) is 7.32. The summed E-state index contributed by atoms with van der Waals surface area (Å²) in [5.74, 6) is 2.85. The molecule has 0 aromatic carbocycles. The van der Waals surface area contributed by atoms with Gasteiger partial charge in [0.1, 0.15) is 17.3 Å². The quantitative estimate of drug-likeness (QED) is 0.890. The molecule has 1 N–H and O–H groups in total. The molecule has 0 radical (unpaired) electrons. The topological polar surface area (TPSA) is 68.3 Å². The van der Waals surface area contributed by atoms with Gasteiger partial charge in [-0.05, 0) is 6.07 Å². The van der Waals surface area contributed by atoms with Gasteiger partial charge in [-0.25, -0.2) is 0 Å². The van der Waals surface area contributed by atoms with E-state index in [2.05, 4.69) is 10.5 Å². The molecule has 0 spiro atoms. The van der Waals surface area contributed by atoms with Crippen molar-refractivity contribution < 1.29 is 13.7 Å². The summed E-state index contributed by atoms with van der Waals surface area (Å²) in [6, 6.07) is 3.55. The Kier molecular flexibility index (Phi) is 4.50. The minimum absolute atomic E-state index is 0.141. The highest BCUT2D eigenvalue weighted by atomic mass is 16.5. The van der Waals surface area contributed by atoms with Crippen LogP contribution in [0.4, 0.5) is 5.82 Å². The predicted molar refractivity (Wildman–Crippen MR) is 80.7 cm³/mol. The number of anilines is 1. The van der Waals surface area contributed by atoms with E-state index < -0.39 is 0 Å². The third kappa shape index (κ3) is 3.35. The second kappa shape index (κ2) is 6.16. The lowest BCUT2D eigenvalue weighted by atomic mass is 10.1. The summed E-state index contributed by atoms with van der Waals surface area (Å²) in [5, 5.41) is 6.59. The van der Waals surface area contributed by atoms with Crippen LogP contribution in [0.5, 0.6) is 0 Å². The van der Waals surface area contributed by atoms with Crippen molar-refractivity contribution in [1.82, 2.24) is 5.16 Å². The third-order valence-corrected chi connectivity index (χ3v) is 3.27. The molecule has 5 heteroatoms. The Bertz CT molecular complexity index is 623. The fraction of sp³-hybridized carbons (Fsp3) is 0.500. The highest BCUT2D eigenvalue weighted by molar-refractivity contribution is 6.04. The van der Waals surface area contributed by atoms with Gasteiger partial charge in [0.2, 0.25) is 0 Å². The van der Waals surface area contributed by atoms with E-state index >= 15 is 0 Å². The van der Waals surface area contributed by atoms with Gasteiger partial charge >= 0.3 is 0 Å². The number of hydrogen-bond donors (Lipinski definition) is 1. The highest BCUT2D eigenvalue weighted by Gasteiger charge is 2.22. The van der Waals surface area contributed by atoms with Crippen LogP contribution in [-0.4, -0.2) is 11.1 Å². The zero-order chi connectivity index (χ0) is 15.6. The van der Waals surface area contributed by atoms with Crippen LogP contribution in [0.25, 0.3) is 0 Å². The fourth-order valence-electron chi connectivity index (χ4n) is 2.04. The number of nitrogens with one attached hydrogen (secondary N) is 1. The maximum absolute atomic E-state index is 12.4. The van der Waals surface area contributed by atoms with E-state index in [0.29, 0.717) is 17.1 Å². The van der Waals surface area contributed by atoms with Gasteiger partial charge in [0.15, 0.2) is 5.82 Å². The summed E-state index contributed by atoms with van der Waals surface area (Å²) < 4.78 is 10.9. The summed E-state index contributed by atoms with van der Waals surface area (Å²) in [5.41, 5.74) is 0.565. The Balaban J connectivity index is 2.25. The average molecular weight is 290 g/mol. The number of carbonyl (C=O) groups is 1. The molecule has 2 aromatic heterocycles. The molecule has 21 heavy (non-hydrogen) atoms. The molecule has 5 nitrogen and oxygen atoms in total. The number of carbonyl (C=O) groups excluding carboxylic acids is 1. The van der Waals surface area contributed by atoms with Gasteiger partial charge in [0.05, 0.1) is 5.56 Å². The fourth-order valence-corrected chi connectivity index (χ4v) is 2.04. The molecule has 2 aromatic rings. The van der Waals surface area contributed by atoms with Crippen LogP contribution in [0.2, 0.25) is 0 Å². The minimum Gasteiger partial charge on any atom is -0.465 e. The smallest absolute Gasteiger partial charge is 0.260 e. The predicted octanol–water partition coefficient (Wildman–Crippen LogP) is 4.33. The molecule has 0 aliphatic rings. The first kappa shape index (κ1) is 15.4. The lowest BCUT2D eigenvalue weighted by Gasteiger charge is -2.05. The summed E-state index contributed by atoms with van der Waals surface area (Å²) >= 11 is 0. The van der Waals surface area contributed by atoms with Crippen LogP contribution >= 0.6 is 0 Å². The number of aromatic nitrogens is 1. The van der Waals surface area contributed by atoms with Crippen LogP contribution < -0.4 is 5.32 Å². The van der Waals surface area contributed by atoms with Crippen LogP contribution in [0.1, 0.15) is 74.1 Å². The van der Waals surface area contributed by atoms with E-state index in [4.69, 9.17) is 8.94 Å². The summed E-state index contributed by atoms with van der Waals surface area (Å²) in [7, 11) is 0. The van der Waals surface area contributed by atoms with Crippen LogP contribution in [0, 0.1) is 0 Å². The van der Waals surface area contributed by atoms with Crippen molar-refractivity contribution in [3.63, 3.8) is 0 Å². The van der Waals surface area contributed by atoms with E-state index in [1.165, 1.54) is 0 Å². The first-order valence-corrected chi connectivity index (χ1v) is 7.32. The molecule has 0 aliphatic heterocycles. The number of amides is 1. The molecular formula is C16H22N2O3. The zero-order valence-electron chi connectivity index (χ0n) is 13.2. The molecule has 2 heterocycles. The zero-order valence-corrected chi connectivity index (χ0v) is 13.2. The lowest BCUT2D eigenvalue weighted by molar-refractivity contribution is 0.102. The third-order valence-electron chi connectivity index (χ3n) is 3.27. The number of nitrogens with zero attached hydrogens (tertiary/aromatic N) is 1. The van der Waals surface area contributed by atoms with Crippen LogP contribution in [-0.2, 0) is 6.42 Å². The molecule has 0 atom stereocenters. The number of rotatable bonds is 5. The Morgan fingerprint density at radius 3 is 2.48 bits per heavy atom. The summed E-state index contributed by atoms with van der Waals surface area (Å²) in [6.07, 6.45) is 0.739. The standard InChI is InChI=1S/C16H22N2O3/c1-6-11-7-14(18-21-11)17-16(19)12-8-13(9(2)3)20-15(12)10(4)5/h7-10H,6H2,1-5H3,(H,17,18,19). The Hall–Kier alpha value is -2.04. The Morgan fingerprint density at radius 2 is 1.95 bits per heavy atom. The van der Waals surface area contributed by atoms with Gasteiger partial charge in [-0.3, -0.25) is 4.79 Å². The van der Waals surface area contributed by atoms with Crippen LogP contribution in [0.15, 0.2) is 21.1 Å². The minimum atomic E-state index is -0.217. The molecule has 0 unspecified atom stereocenters. The Labute approximate surface area is 124 Å². The summed E-state index contributed by atoms with van der Waals surface area (Å²) in [6.45, 7) is 10.1. The van der Waals surface area contributed by atoms with Crippen molar-refractivity contribution in [2.45, 2.75) is 52.9 Å². The monoisotopic (exact) mass is 290 g/mol. The molecule has 0 saturated carbocycles. The second-order valence-electron chi connectivity index (χ2n) is 5.72. The molecule has 0 saturated heterocycles. The Morgan fingerprint density at radius 1 is 1.24 bits per heavy atom. The lowest BCUT2D eigenvalue weighted by Crippen LogP contribution is -2.13. The van der Waals surface area contributed by atoms with Crippen molar-refractivity contribution in [1.29, 1.82) is 0 Å². The van der Waals surface area contributed by atoms with E-state index in [9.17, 15) is 4.79 Å². The van der Waals surface area contributed by atoms with Crippen LogP contribution in [0.3, 0.4) is 0 Å². The van der Waals surface area contributed by atoms with E-state index in [1.807, 2.05) is 40.7 Å².